The van der Waals surface area contributed by atoms with Crippen LogP contribution in [0.4, 0.5) is 13.2 Å². The largest absolute Gasteiger partial charge is 0.416 e. The third kappa shape index (κ3) is 2.04. The Balaban J connectivity index is 2.54. The number of aromatic amines is 1. The molecule has 0 saturated carbocycles. The third-order valence-corrected chi connectivity index (χ3v) is 2.43. The fourth-order valence-corrected chi connectivity index (χ4v) is 1.55. The maximum atomic E-state index is 12.5. The monoisotopic (exact) mass is 246 g/mol. The average molecular weight is 247 g/mol. The Morgan fingerprint density at radius 2 is 2.00 bits per heavy atom. The third-order valence-electron chi connectivity index (χ3n) is 2.10. The van der Waals surface area contributed by atoms with Crippen molar-refractivity contribution in [2.75, 3.05) is 0 Å². The van der Waals surface area contributed by atoms with Crippen LogP contribution in [0.1, 0.15) is 5.56 Å². The van der Waals surface area contributed by atoms with Crippen LogP contribution in [-0.2, 0) is 6.18 Å². The van der Waals surface area contributed by atoms with Crippen molar-refractivity contribution >= 4 is 11.6 Å². The Morgan fingerprint density at radius 3 is 2.56 bits per heavy atom. The Morgan fingerprint density at radius 1 is 1.25 bits per heavy atom. The summed E-state index contributed by atoms with van der Waals surface area (Å²) in [6, 6.07) is 3.19. The molecule has 0 atom stereocenters. The highest BCUT2D eigenvalue weighted by Gasteiger charge is 2.31. The topological polar surface area (TPSA) is 28.7 Å². The summed E-state index contributed by atoms with van der Waals surface area (Å²) in [7, 11) is 0. The van der Waals surface area contributed by atoms with E-state index in [9.17, 15) is 13.2 Å². The van der Waals surface area contributed by atoms with E-state index in [1.54, 1.807) is 0 Å². The summed E-state index contributed by atoms with van der Waals surface area (Å²) in [5.74, 6) is 0. The second-order valence-electron chi connectivity index (χ2n) is 3.18. The average Bonchev–Trinajstić information content (AvgIpc) is 2.69. The molecule has 0 aliphatic carbocycles. The molecule has 0 aliphatic rings. The summed E-state index contributed by atoms with van der Waals surface area (Å²) in [6.45, 7) is 0. The van der Waals surface area contributed by atoms with Crippen LogP contribution in [0.5, 0.6) is 0 Å². The number of nitrogens with one attached hydrogen (secondary N) is 1. The van der Waals surface area contributed by atoms with Crippen LogP contribution in [0.2, 0.25) is 5.02 Å². The molecule has 0 fully saturated rings. The molecular formula is C10H6ClF3N2. The predicted molar refractivity (Wildman–Crippen MR) is 54.0 cm³/mol. The standard InChI is InChI=1S/C10H6ClF3N2/c11-9-2-1-7(10(12,13)14)3-8(9)6-4-15-16-5-6/h1-5H,(H,15,16). The van der Waals surface area contributed by atoms with Gasteiger partial charge in [0.25, 0.3) is 0 Å². The van der Waals surface area contributed by atoms with E-state index >= 15 is 0 Å². The number of hydrogen-bond donors (Lipinski definition) is 1. The van der Waals surface area contributed by atoms with E-state index in [0.29, 0.717) is 11.1 Å². The highest BCUT2D eigenvalue weighted by molar-refractivity contribution is 6.33. The number of hydrogen-bond acceptors (Lipinski definition) is 1. The van der Waals surface area contributed by atoms with Crippen molar-refractivity contribution in [1.82, 2.24) is 10.2 Å². The van der Waals surface area contributed by atoms with Gasteiger partial charge in [-0.2, -0.15) is 18.3 Å². The molecule has 2 aromatic rings. The molecule has 1 aromatic carbocycles. The van der Waals surface area contributed by atoms with Crippen molar-refractivity contribution in [3.05, 3.63) is 41.2 Å². The summed E-state index contributed by atoms with van der Waals surface area (Å²) in [6.07, 6.45) is -1.47. The molecule has 1 N–H and O–H groups in total. The summed E-state index contributed by atoms with van der Waals surface area (Å²) >= 11 is 5.83. The first-order chi connectivity index (χ1) is 7.48. The van der Waals surface area contributed by atoms with Gasteiger partial charge < -0.3 is 0 Å². The van der Waals surface area contributed by atoms with Crippen molar-refractivity contribution in [1.29, 1.82) is 0 Å². The van der Waals surface area contributed by atoms with Gasteiger partial charge in [-0.25, -0.2) is 0 Å². The fourth-order valence-electron chi connectivity index (χ4n) is 1.32. The molecular weight excluding hydrogens is 241 g/mol. The minimum absolute atomic E-state index is 0.259. The number of alkyl halides is 3. The van der Waals surface area contributed by atoms with Gasteiger partial charge in [0.05, 0.1) is 11.8 Å². The van der Waals surface area contributed by atoms with Gasteiger partial charge in [-0.15, -0.1) is 0 Å². The minimum atomic E-state index is -4.37. The second kappa shape index (κ2) is 3.83. The first-order valence-corrected chi connectivity index (χ1v) is 4.72. The van der Waals surface area contributed by atoms with Gasteiger partial charge >= 0.3 is 6.18 Å². The van der Waals surface area contributed by atoms with Crippen molar-refractivity contribution in [2.24, 2.45) is 0 Å². The van der Waals surface area contributed by atoms with Gasteiger partial charge in [0.1, 0.15) is 0 Å². The zero-order valence-corrected chi connectivity index (χ0v) is 8.60. The fraction of sp³-hybridized carbons (Fsp3) is 0.100. The summed E-state index contributed by atoms with van der Waals surface area (Å²) < 4.78 is 37.4. The molecule has 0 spiro atoms. The van der Waals surface area contributed by atoms with Crippen LogP contribution in [0, 0.1) is 0 Å². The first kappa shape index (κ1) is 11.0. The Labute approximate surface area is 94.1 Å². The highest BCUT2D eigenvalue weighted by atomic mass is 35.5. The van der Waals surface area contributed by atoms with Gasteiger partial charge in [0.2, 0.25) is 0 Å². The van der Waals surface area contributed by atoms with Crippen molar-refractivity contribution in [3.8, 4) is 11.1 Å². The quantitative estimate of drug-likeness (QED) is 0.816. The minimum Gasteiger partial charge on any atom is -0.285 e. The molecule has 0 bridgehead atoms. The number of nitrogens with zero attached hydrogens (tertiary/aromatic N) is 1. The van der Waals surface area contributed by atoms with Gasteiger partial charge in [-0.1, -0.05) is 11.6 Å². The molecule has 16 heavy (non-hydrogen) atoms. The number of rotatable bonds is 1. The molecule has 0 saturated heterocycles. The molecule has 2 rings (SSSR count). The van der Waals surface area contributed by atoms with E-state index in [4.69, 9.17) is 11.6 Å². The molecule has 1 aromatic heterocycles. The van der Waals surface area contributed by atoms with Crippen LogP contribution >= 0.6 is 11.6 Å². The van der Waals surface area contributed by atoms with Crippen molar-refractivity contribution < 1.29 is 13.2 Å². The van der Waals surface area contributed by atoms with Crippen LogP contribution < -0.4 is 0 Å². The molecule has 2 nitrogen and oxygen atoms in total. The maximum Gasteiger partial charge on any atom is 0.416 e. The van der Waals surface area contributed by atoms with Gasteiger partial charge in [-0.05, 0) is 18.2 Å². The molecule has 0 aliphatic heterocycles. The second-order valence-corrected chi connectivity index (χ2v) is 3.59. The number of aromatic nitrogens is 2. The lowest BCUT2D eigenvalue weighted by Gasteiger charge is -2.09. The van der Waals surface area contributed by atoms with E-state index in [0.717, 1.165) is 12.1 Å². The van der Waals surface area contributed by atoms with Gasteiger partial charge in [0.15, 0.2) is 0 Å². The van der Waals surface area contributed by atoms with Crippen LogP contribution in [-0.4, -0.2) is 10.2 Å². The van der Waals surface area contributed by atoms with Gasteiger partial charge in [0, 0.05) is 22.3 Å². The Hall–Kier alpha value is -1.49. The SMILES string of the molecule is FC(F)(F)c1ccc(Cl)c(-c2cn[nH]c2)c1. The van der Waals surface area contributed by atoms with Crippen molar-refractivity contribution in [3.63, 3.8) is 0 Å². The van der Waals surface area contributed by atoms with Gasteiger partial charge in [-0.3, -0.25) is 5.10 Å². The number of halogens is 4. The molecule has 0 unspecified atom stereocenters. The Kier molecular flexibility index (Phi) is 2.63. The lowest BCUT2D eigenvalue weighted by Crippen LogP contribution is -2.04. The van der Waals surface area contributed by atoms with E-state index < -0.39 is 11.7 Å². The van der Waals surface area contributed by atoms with E-state index in [2.05, 4.69) is 10.2 Å². The zero-order valence-electron chi connectivity index (χ0n) is 7.85. The number of H-pyrrole nitrogens is 1. The zero-order chi connectivity index (χ0) is 11.8. The molecule has 1 heterocycles. The van der Waals surface area contributed by atoms with E-state index in [1.165, 1.54) is 18.5 Å². The normalized spacial score (nSPS) is 11.8. The first-order valence-electron chi connectivity index (χ1n) is 4.34. The Bertz CT molecular complexity index is 491. The lowest BCUT2D eigenvalue weighted by atomic mass is 10.1. The summed E-state index contributed by atoms with van der Waals surface area (Å²) in [5, 5.41) is 6.45. The van der Waals surface area contributed by atoms with E-state index in [-0.39, 0.29) is 5.02 Å². The van der Waals surface area contributed by atoms with Crippen LogP contribution in [0.15, 0.2) is 30.6 Å². The lowest BCUT2D eigenvalue weighted by molar-refractivity contribution is -0.137. The number of benzene rings is 1. The highest BCUT2D eigenvalue weighted by Crippen LogP contribution is 2.35. The summed E-state index contributed by atoms with van der Waals surface area (Å²) in [4.78, 5) is 0. The molecule has 0 amide bonds. The molecule has 84 valence electrons. The van der Waals surface area contributed by atoms with Crippen LogP contribution in [0.25, 0.3) is 11.1 Å². The molecule has 6 heteroatoms. The van der Waals surface area contributed by atoms with Crippen molar-refractivity contribution in [2.45, 2.75) is 6.18 Å². The van der Waals surface area contributed by atoms with Crippen LogP contribution in [0.3, 0.4) is 0 Å². The maximum absolute atomic E-state index is 12.5. The summed E-state index contributed by atoms with van der Waals surface area (Å²) in [5.41, 5.74) is 0.106. The van der Waals surface area contributed by atoms with E-state index in [1.807, 2.05) is 0 Å². The molecule has 0 radical (unpaired) electrons. The predicted octanol–water partition coefficient (Wildman–Crippen LogP) is 3.75. The smallest absolute Gasteiger partial charge is 0.285 e.